The summed E-state index contributed by atoms with van der Waals surface area (Å²) in [6, 6.07) is 3.18. The number of rotatable bonds is 4. The predicted octanol–water partition coefficient (Wildman–Crippen LogP) is 1.77. The first-order valence-electron chi connectivity index (χ1n) is 5.10. The second kappa shape index (κ2) is 5.53. The molecule has 0 atom stereocenters. The summed E-state index contributed by atoms with van der Waals surface area (Å²) in [5.41, 5.74) is 5.25. The highest BCUT2D eigenvalue weighted by molar-refractivity contribution is 7.80. The van der Waals surface area contributed by atoms with Gasteiger partial charge >= 0.3 is 6.18 Å². The minimum Gasteiger partial charge on any atom is -0.395 e. The molecule has 1 aromatic rings. The highest BCUT2D eigenvalue weighted by Crippen LogP contribution is 2.32. The Labute approximate surface area is 108 Å². The average molecular weight is 278 g/mol. The van der Waals surface area contributed by atoms with Gasteiger partial charge in [0.2, 0.25) is 0 Å². The van der Waals surface area contributed by atoms with Crippen LogP contribution in [0.15, 0.2) is 18.2 Å². The number of alkyl halides is 3. The smallest absolute Gasteiger partial charge is 0.395 e. The number of likely N-dealkylation sites (N-methyl/N-ethyl adjacent to an activating group) is 1. The molecule has 1 rings (SSSR count). The largest absolute Gasteiger partial charge is 0.416 e. The first-order valence-corrected chi connectivity index (χ1v) is 5.51. The topological polar surface area (TPSA) is 49.5 Å². The third-order valence-electron chi connectivity index (χ3n) is 2.44. The van der Waals surface area contributed by atoms with Gasteiger partial charge < -0.3 is 15.7 Å². The highest BCUT2D eigenvalue weighted by atomic mass is 32.1. The van der Waals surface area contributed by atoms with Crippen LogP contribution in [-0.2, 0) is 6.18 Å². The maximum atomic E-state index is 12.6. The summed E-state index contributed by atoms with van der Waals surface area (Å²) in [7, 11) is 1.64. The van der Waals surface area contributed by atoms with Gasteiger partial charge in [0.05, 0.1) is 12.2 Å². The van der Waals surface area contributed by atoms with Gasteiger partial charge in [-0.1, -0.05) is 12.2 Å². The summed E-state index contributed by atoms with van der Waals surface area (Å²) < 4.78 is 37.7. The molecule has 7 heteroatoms. The number of nitrogens with two attached hydrogens (primary N) is 1. The van der Waals surface area contributed by atoms with E-state index in [9.17, 15) is 13.2 Å². The van der Waals surface area contributed by atoms with Gasteiger partial charge in [0.1, 0.15) is 4.99 Å². The van der Waals surface area contributed by atoms with E-state index in [1.54, 1.807) is 11.9 Å². The normalized spacial score (nSPS) is 11.4. The van der Waals surface area contributed by atoms with Gasteiger partial charge in [-0.25, -0.2) is 0 Å². The van der Waals surface area contributed by atoms with E-state index in [0.717, 1.165) is 12.1 Å². The van der Waals surface area contributed by atoms with Crippen molar-refractivity contribution in [2.45, 2.75) is 6.18 Å². The van der Waals surface area contributed by atoms with Crippen LogP contribution < -0.4 is 10.6 Å². The molecule has 1 aromatic carbocycles. The number of hydrogen-bond acceptors (Lipinski definition) is 3. The van der Waals surface area contributed by atoms with Crippen LogP contribution in [0, 0.1) is 0 Å². The molecule has 0 saturated heterocycles. The van der Waals surface area contributed by atoms with Crippen molar-refractivity contribution < 1.29 is 18.3 Å². The van der Waals surface area contributed by atoms with Crippen molar-refractivity contribution in [3.05, 3.63) is 29.3 Å². The van der Waals surface area contributed by atoms with E-state index in [1.165, 1.54) is 6.07 Å². The molecule has 0 aromatic heterocycles. The Hall–Kier alpha value is -1.34. The standard InChI is InChI=1S/C11H13F3N2OS/c1-16(4-5-17)9-3-2-7(11(12,13)14)6-8(9)10(15)18/h2-3,6,17H,4-5H2,1H3,(H2,15,18). The quantitative estimate of drug-likeness (QED) is 0.824. The fraction of sp³-hybridized carbons (Fsp3) is 0.364. The van der Waals surface area contributed by atoms with Crippen LogP contribution in [0.5, 0.6) is 0 Å². The van der Waals surface area contributed by atoms with Gasteiger partial charge in [0.15, 0.2) is 0 Å². The van der Waals surface area contributed by atoms with E-state index < -0.39 is 11.7 Å². The molecule has 0 amide bonds. The lowest BCUT2D eigenvalue weighted by atomic mass is 10.1. The summed E-state index contributed by atoms with van der Waals surface area (Å²) in [6.45, 7) is 0.162. The highest BCUT2D eigenvalue weighted by Gasteiger charge is 2.31. The van der Waals surface area contributed by atoms with Crippen LogP contribution in [0.2, 0.25) is 0 Å². The molecule has 18 heavy (non-hydrogen) atoms. The Bertz CT molecular complexity index is 448. The lowest BCUT2D eigenvalue weighted by molar-refractivity contribution is -0.137. The minimum absolute atomic E-state index is 0.110. The van der Waals surface area contributed by atoms with Crippen molar-refractivity contribution >= 4 is 22.9 Å². The summed E-state index contributed by atoms with van der Waals surface area (Å²) >= 11 is 4.76. The number of thiocarbonyl (C=S) groups is 1. The SMILES string of the molecule is CN(CCO)c1ccc(C(F)(F)F)cc1C(N)=S. The van der Waals surface area contributed by atoms with Crippen LogP contribution in [0.4, 0.5) is 18.9 Å². The number of aliphatic hydroxyl groups is 1. The second-order valence-corrected chi connectivity index (χ2v) is 4.18. The van der Waals surface area contributed by atoms with E-state index in [2.05, 4.69) is 0 Å². The zero-order chi connectivity index (χ0) is 13.9. The Morgan fingerprint density at radius 1 is 1.44 bits per heavy atom. The summed E-state index contributed by atoms with van der Waals surface area (Å²) in [6.07, 6.45) is -4.44. The van der Waals surface area contributed by atoms with Crippen molar-refractivity contribution in [2.24, 2.45) is 5.73 Å². The van der Waals surface area contributed by atoms with Crippen molar-refractivity contribution in [3.8, 4) is 0 Å². The van der Waals surface area contributed by atoms with Gasteiger partial charge in [-0.05, 0) is 18.2 Å². The molecule has 0 spiro atoms. The van der Waals surface area contributed by atoms with Crippen LogP contribution in [0.3, 0.4) is 0 Å². The van der Waals surface area contributed by atoms with Crippen molar-refractivity contribution in [3.63, 3.8) is 0 Å². The molecular formula is C11H13F3N2OS. The Kier molecular flexibility index (Phi) is 4.53. The third kappa shape index (κ3) is 3.33. The van der Waals surface area contributed by atoms with Crippen molar-refractivity contribution in [1.29, 1.82) is 0 Å². The van der Waals surface area contributed by atoms with E-state index in [1.807, 2.05) is 0 Å². The van der Waals surface area contributed by atoms with Crippen LogP contribution in [0.1, 0.15) is 11.1 Å². The first-order chi connectivity index (χ1) is 8.27. The van der Waals surface area contributed by atoms with Gasteiger partial charge in [-0.15, -0.1) is 0 Å². The average Bonchev–Trinajstić information content (AvgIpc) is 2.27. The molecular weight excluding hydrogens is 265 g/mol. The van der Waals surface area contributed by atoms with Gasteiger partial charge in [0.25, 0.3) is 0 Å². The van der Waals surface area contributed by atoms with E-state index >= 15 is 0 Å². The molecule has 100 valence electrons. The molecule has 0 aliphatic carbocycles. The zero-order valence-electron chi connectivity index (χ0n) is 9.66. The zero-order valence-corrected chi connectivity index (χ0v) is 10.5. The van der Waals surface area contributed by atoms with E-state index in [-0.39, 0.29) is 23.7 Å². The fourth-order valence-corrected chi connectivity index (χ4v) is 1.68. The van der Waals surface area contributed by atoms with Crippen LogP contribution in [0.25, 0.3) is 0 Å². The predicted molar refractivity (Wildman–Crippen MR) is 67.7 cm³/mol. The molecule has 0 fully saturated rings. The van der Waals surface area contributed by atoms with Gasteiger partial charge in [0, 0.05) is 24.8 Å². The Morgan fingerprint density at radius 3 is 2.50 bits per heavy atom. The summed E-state index contributed by atoms with van der Waals surface area (Å²) in [5.74, 6) is 0. The number of aliphatic hydroxyl groups excluding tert-OH is 1. The second-order valence-electron chi connectivity index (χ2n) is 3.74. The molecule has 0 bridgehead atoms. The molecule has 0 aliphatic heterocycles. The number of hydrogen-bond donors (Lipinski definition) is 2. The van der Waals surface area contributed by atoms with Gasteiger partial charge in [-0.2, -0.15) is 13.2 Å². The molecule has 0 saturated carbocycles. The number of benzene rings is 1. The lowest BCUT2D eigenvalue weighted by Crippen LogP contribution is -2.25. The Balaban J connectivity index is 3.25. The monoisotopic (exact) mass is 278 g/mol. The first kappa shape index (κ1) is 14.7. The van der Waals surface area contributed by atoms with Crippen LogP contribution in [-0.4, -0.2) is 30.3 Å². The molecule has 0 heterocycles. The summed E-state index contributed by atoms with van der Waals surface area (Å²) in [4.78, 5) is 1.48. The third-order valence-corrected chi connectivity index (χ3v) is 2.66. The minimum atomic E-state index is -4.44. The maximum absolute atomic E-state index is 12.6. The van der Waals surface area contributed by atoms with Crippen molar-refractivity contribution in [2.75, 3.05) is 25.1 Å². The molecule has 3 nitrogen and oxygen atoms in total. The molecule has 0 radical (unpaired) electrons. The molecule has 3 N–H and O–H groups in total. The lowest BCUT2D eigenvalue weighted by Gasteiger charge is -2.22. The number of anilines is 1. The molecule has 0 unspecified atom stereocenters. The number of halogens is 3. The Morgan fingerprint density at radius 2 is 2.06 bits per heavy atom. The van der Waals surface area contributed by atoms with Gasteiger partial charge in [-0.3, -0.25) is 0 Å². The van der Waals surface area contributed by atoms with E-state index in [4.69, 9.17) is 23.1 Å². The number of nitrogens with zero attached hydrogens (tertiary/aromatic N) is 1. The van der Waals surface area contributed by atoms with Crippen molar-refractivity contribution in [1.82, 2.24) is 0 Å². The fourth-order valence-electron chi connectivity index (χ4n) is 1.51. The van der Waals surface area contributed by atoms with E-state index in [0.29, 0.717) is 5.69 Å². The van der Waals surface area contributed by atoms with Crippen LogP contribution >= 0.6 is 12.2 Å². The summed E-state index contributed by atoms with van der Waals surface area (Å²) in [5, 5.41) is 8.83. The molecule has 0 aliphatic rings. The maximum Gasteiger partial charge on any atom is 0.416 e.